The van der Waals surface area contributed by atoms with Crippen molar-refractivity contribution in [2.45, 2.75) is 57.4 Å². The van der Waals surface area contributed by atoms with Crippen LogP contribution in [-0.2, 0) is 5.41 Å². The maximum atomic E-state index is 14.7. The smallest absolute Gasteiger partial charge is 0.256 e. The van der Waals surface area contributed by atoms with E-state index >= 15 is 0 Å². The van der Waals surface area contributed by atoms with Crippen molar-refractivity contribution in [1.29, 1.82) is 0 Å². The van der Waals surface area contributed by atoms with Gasteiger partial charge in [-0.2, -0.15) is 0 Å². The molecule has 28 heavy (non-hydrogen) atoms. The number of rotatable bonds is 2. The summed E-state index contributed by atoms with van der Waals surface area (Å²) in [5, 5.41) is 3.56. The number of halogens is 1. The number of amides is 1. The summed E-state index contributed by atoms with van der Waals surface area (Å²) in [4.78, 5) is 15.2. The number of piperidine rings is 1. The minimum atomic E-state index is -0.371. The lowest BCUT2D eigenvalue weighted by Crippen LogP contribution is -2.46. The first-order chi connectivity index (χ1) is 13.3. The van der Waals surface area contributed by atoms with E-state index in [1.54, 1.807) is 6.07 Å². The van der Waals surface area contributed by atoms with Gasteiger partial charge in [-0.25, -0.2) is 4.39 Å². The minimum absolute atomic E-state index is 0.0592. The Bertz CT molecular complexity index is 887. The lowest BCUT2D eigenvalue weighted by Gasteiger charge is -2.46. The van der Waals surface area contributed by atoms with Gasteiger partial charge in [-0.05, 0) is 62.8 Å². The first-order valence-electron chi connectivity index (χ1n) is 10.3. The standard InChI is InChI=1S/C24H29FN2O/c1-23(2)16-24(3,17-10-6-4-7-11-17)20-15-18(25)14-19(21(20)26-23)22(28)27-12-8-5-9-13-27/h4,6-7,10-11,14-15,26H,5,8-9,12-13,16H2,1-3H3. The molecule has 1 fully saturated rings. The molecule has 0 radical (unpaired) electrons. The summed E-state index contributed by atoms with van der Waals surface area (Å²) in [6.45, 7) is 7.97. The Kier molecular flexibility index (Phi) is 4.68. The first kappa shape index (κ1) is 19.0. The molecule has 0 aliphatic carbocycles. The van der Waals surface area contributed by atoms with Crippen molar-refractivity contribution >= 4 is 11.6 Å². The second-order valence-corrected chi connectivity index (χ2v) is 9.11. The van der Waals surface area contributed by atoms with Gasteiger partial charge in [-0.1, -0.05) is 37.3 Å². The largest absolute Gasteiger partial charge is 0.379 e. The highest BCUT2D eigenvalue weighted by atomic mass is 19.1. The van der Waals surface area contributed by atoms with Crippen LogP contribution in [0.1, 0.15) is 67.9 Å². The highest BCUT2D eigenvalue weighted by molar-refractivity contribution is 6.01. The van der Waals surface area contributed by atoms with Crippen LogP contribution in [0.2, 0.25) is 0 Å². The minimum Gasteiger partial charge on any atom is -0.379 e. The molecule has 2 aromatic carbocycles. The van der Waals surface area contributed by atoms with Crippen LogP contribution in [0.3, 0.4) is 0 Å². The Morgan fingerprint density at radius 1 is 1.04 bits per heavy atom. The zero-order valence-electron chi connectivity index (χ0n) is 17.0. The molecule has 2 aliphatic heterocycles. The van der Waals surface area contributed by atoms with E-state index in [4.69, 9.17) is 0 Å². The van der Waals surface area contributed by atoms with Gasteiger partial charge in [0, 0.05) is 24.0 Å². The predicted octanol–water partition coefficient (Wildman–Crippen LogP) is 5.35. The number of likely N-dealkylation sites (tertiary alicyclic amines) is 1. The van der Waals surface area contributed by atoms with E-state index in [1.807, 2.05) is 23.1 Å². The van der Waals surface area contributed by atoms with Crippen molar-refractivity contribution in [3.05, 3.63) is 65.0 Å². The molecular weight excluding hydrogens is 351 g/mol. The van der Waals surface area contributed by atoms with Crippen molar-refractivity contribution in [3.8, 4) is 0 Å². The number of hydrogen-bond acceptors (Lipinski definition) is 2. The van der Waals surface area contributed by atoms with Crippen LogP contribution in [0.4, 0.5) is 10.1 Å². The Morgan fingerprint density at radius 2 is 1.71 bits per heavy atom. The summed E-state index contributed by atoms with van der Waals surface area (Å²) in [6.07, 6.45) is 4.01. The number of nitrogens with one attached hydrogen (secondary N) is 1. The summed E-state index contributed by atoms with van der Waals surface area (Å²) < 4.78 is 14.7. The lowest BCUT2D eigenvalue weighted by molar-refractivity contribution is 0.0724. The molecular formula is C24H29FN2O. The van der Waals surface area contributed by atoms with Gasteiger partial charge in [0.05, 0.1) is 11.3 Å². The molecule has 1 N–H and O–H groups in total. The molecule has 4 heteroatoms. The van der Waals surface area contributed by atoms with Crippen LogP contribution < -0.4 is 5.32 Å². The number of fused-ring (bicyclic) bond motifs is 1. The Morgan fingerprint density at radius 3 is 2.39 bits per heavy atom. The average molecular weight is 381 g/mol. The van der Waals surface area contributed by atoms with E-state index in [-0.39, 0.29) is 22.7 Å². The zero-order chi connectivity index (χ0) is 19.9. The van der Waals surface area contributed by atoms with Crippen LogP contribution in [0.5, 0.6) is 0 Å². The van der Waals surface area contributed by atoms with E-state index in [0.717, 1.165) is 55.6 Å². The molecule has 0 aromatic heterocycles. The molecule has 0 spiro atoms. The number of nitrogens with zero attached hydrogens (tertiary/aromatic N) is 1. The summed E-state index contributed by atoms with van der Waals surface area (Å²) in [5.41, 5.74) is 2.69. The van der Waals surface area contributed by atoms with Crippen LogP contribution in [0, 0.1) is 5.82 Å². The van der Waals surface area contributed by atoms with E-state index < -0.39 is 0 Å². The Balaban J connectivity index is 1.88. The average Bonchev–Trinajstić information content (AvgIpc) is 2.68. The molecule has 3 nitrogen and oxygen atoms in total. The molecule has 0 bridgehead atoms. The zero-order valence-corrected chi connectivity index (χ0v) is 17.0. The van der Waals surface area contributed by atoms with Crippen molar-refractivity contribution in [2.24, 2.45) is 0 Å². The van der Waals surface area contributed by atoms with Crippen LogP contribution in [0.25, 0.3) is 0 Å². The van der Waals surface area contributed by atoms with Gasteiger partial charge in [0.15, 0.2) is 0 Å². The summed E-state index contributed by atoms with van der Waals surface area (Å²) in [6, 6.07) is 13.3. The van der Waals surface area contributed by atoms with Crippen LogP contribution in [-0.4, -0.2) is 29.4 Å². The van der Waals surface area contributed by atoms with Crippen molar-refractivity contribution < 1.29 is 9.18 Å². The monoisotopic (exact) mass is 380 g/mol. The van der Waals surface area contributed by atoms with Gasteiger partial charge in [0.25, 0.3) is 5.91 Å². The quantitative estimate of drug-likeness (QED) is 0.761. The third-order valence-electron chi connectivity index (χ3n) is 6.24. The second-order valence-electron chi connectivity index (χ2n) is 9.11. The maximum absolute atomic E-state index is 14.7. The highest BCUT2D eigenvalue weighted by Gasteiger charge is 2.43. The van der Waals surface area contributed by atoms with Gasteiger partial charge < -0.3 is 10.2 Å². The molecule has 2 aromatic rings. The van der Waals surface area contributed by atoms with Crippen molar-refractivity contribution in [1.82, 2.24) is 4.90 Å². The van der Waals surface area contributed by atoms with Crippen molar-refractivity contribution in [3.63, 3.8) is 0 Å². The fourth-order valence-corrected chi connectivity index (χ4v) is 5.04. The van der Waals surface area contributed by atoms with E-state index in [2.05, 4.69) is 38.2 Å². The lowest BCUT2D eigenvalue weighted by atomic mass is 9.65. The number of carbonyl (C=O) groups is 1. The van der Waals surface area contributed by atoms with E-state index in [9.17, 15) is 9.18 Å². The Labute approximate surface area is 166 Å². The summed E-state index contributed by atoms with van der Waals surface area (Å²) in [5.74, 6) is -0.404. The fourth-order valence-electron chi connectivity index (χ4n) is 5.04. The predicted molar refractivity (Wildman–Crippen MR) is 111 cm³/mol. The fraction of sp³-hybridized carbons (Fsp3) is 0.458. The molecule has 148 valence electrons. The SMILES string of the molecule is CC1(C)CC(C)(c2ccccc2)c2cc(F)cc(C(=O)N3CCCCC3)c2N1. The molecule has 1 atom stereocenters. The number of carbonyl (C=O) groups excluding carboxylic acids is 1. The van der Waals surface area contributed by atoms with Gasteiger partial charge in [0.1, 0.15) is 5.82 Å². The molecule has 2 heterocycles. The van der Waals surface area contributed by atoms with E-state index in [1.165, 1.54) is 6.07 Å². The second kappa shape index (κ2) is 6.91. The van der Waals surface area contributed by atoms with Crippen LogP contribution >= 0.6 is 0 Å². The number of hydrogen-bond donors (Lipinski definition) is 1. The molecule has 1 unspecified atom stereocenters. The van der Waals surface area contributed by atoms with Gasteiger partial charge in [-0.3, -0.25) is 4.79 Å². The number of benzene rings is 2. The third-order valence-corrected chi connectivity index (χ3v) is 6.24. The summed E-state index contributed by atoms with van der Waals surface area (Å²) >= 11 is 0. The molecule has 0 saturated carbocycles. The highest BCUT2D eigenvalue weighted by Crippen LogP contribution is 2.48. The molecule has 4 rings (SSSR count). The Hall–Kier alpha value is -2.36. The maximum Gasteiger partial charge on any atom is 0.256 e. The molecule has 1 saturated heterocycles. The van der Waals surface area contributed by atoms with E-state index in [0.29, 0.717) is 5.56 Å². The van der Waals surface area contributed by atoms with Crippen molar-refractivity contribution in [2.75, 3.05) is 18.4 Å². The van der Waals surface area contributed by atoms with Gasteiger partial charge in [-0.15, -0.1) is 0 Å². The number of anilines is 1. The van der Waals surface area contributed by atoms with Gasteiger partial charge >= 0.3 is 0 Å². The topological polar surface area (TPSA) is 32.3 Å². The molecule has 1 amide bonds. The normalized spacial score (nSPS) is 23.6. The van der Waals surface area contributed by atoms with Crippen LogP contribution in [0.15, 0.2) is 42.5 Å². The van der Waals surface area contributed by atoms with Gasteiger partial charge in [0.2, 0.25) is 0 Å². The summed E-state index contributed by atoms with van der Waals surface area (Å²) in [7, 11) is 0. The molecule has 2 aliphatic rings. The first-order valence-corrected chi connectivity index (χ1v) is 10.3. The third kappa shape index (κ3) is 3.30.